The van der Waals surface area contributed by atoms with Crippen molar-refractivity contribution in [1.29, 1.82) is 0 Å². The van der Waals surface area contributed by atoms with Crippen LogP contribution in [0.1, 0.15) is 27.7 Å². The Hall–Kier alpha value is -1.96. The second kappa shape index (κ2) is 6.87. The van der Waals surface area contributed by atoms with Crippen LogP contribution in [0.2, 0.25) is 0 Å². The Kier molecular flexibility index (Phi) is 5.65. The van der Waals surface area contributed by atoms with E-state index >= 15 is 0 Å². The summed E-state index contributed by atoms with van der Waals surface area (Å²) < 4.78 is 0. The summed E-state index contributed by atoms with van der Waals surface area (Å²) in [7, 11) is -2.07. The molecule has 22 heavy (non-hydrogen) atoms. The van der Waals surface area contributed by atoms with E-state index in [-0.39, 0.29) is 21.1 Å². The zero-order valence-corrected chi connectivity index (χ0v) is 14.0. The van der Waals surface area contributed by atoms with Crippen molar-refractivity contribution in [2.45, 2.75) is 27.7 Å². The molecule has 0 spiro atoms. The molecular formula is C14H22N2O5S. The Bertz CT molecular complexity index is 576. The summed E-state index contributed by atoms with van der Waals surface area (Å²) in [6.45, 7) is 7.26. The first-order valence-corrected chi connectivity index (χ1v) is 8.99. The number of nitrogens with one attached hydrogen (secondary N) is 2. The van der Waals surface area contributed by atoms with Gasteiger partial charge in [-0.25, -0.2) is 14.4 Å². The highest BCUT2D eigenvalue weighted by atomic mass is 32.3. The van der Waals surface area contributed by atoms with Gasteiger partial charge in [-0.3, -0.25) is 0 Å². The zero-order valence-electron chi connectivity index (χ0n) is 13.1. The van der Waals surface area contributed by atoms with Gasteiger partial charge in [0.1, 0.15) is 0 Å². The molecule has 0 aromatic heterocycles. The largest absolute Gasteiger partial charge is 0.478 e. The van der Waals surface area contributed by atoms with Crippen LogP contribution in [0, 0.1) is 0 Å². The Morgan fingerprint density at radius 3 is 1.95 bits per heavy atom. The van der Waals surface area contributed by atoms with Gasteiger partial charge in [0.2, 0.25) is 0 Å². The van der Waals surface area contributed by atoms with E-state index < -0.39 is 28.0 Å². The van der Waals surface area contributed by atoms with Crippen LogP contribution in [0.3, 0.4) is 0 Å². The van der Waals surface area contributed by atoms with E-state index in [1.165, 1.54) is 6.92 Å². The van der Waals surface area contributed by atoms with Crippen molar-refractivity contribution in [3.63, 3.8) is 0 Å². The molecule has 0 aromatic rings. The molecule has 1 aliphatic rings. The average molecular weight is 330 g/mol. The summed E-state index contributed by atoms with van der Waals surface area (Å²) in [4.78, 5) is 35.3. The van der Waals surface area contributed by atoms with Crippen LogP contribution in [0.25, 0.3) is 0 Å². The smallest absolute Gasteiger partial charge is 0.341 e. The van der Waals surface area contributed by atoms with Crippen LogP contribution in [0.4, 0.5) is 4.79 Å². The fourth-order valence-electron chi connectivity index (χ4n) is 2.71. The van der Waals surface area contributed by atoms with Gasteiger partial charge in [0.15, 0.2) is 0 Å². The third kappa shape index (κ3) is 2.83. The van der Waals surface area contributed by atoms with Gasteiger partial charge in [0.25, 0.3) is 0 Å². The van der Waals surface area contributed by atoms with Gasteiger partial charge in [-0.15, -0.1) is 0 Å². The zero-order chi connectivity index (χ0) is 17.1. The maximum atomic E-state index is 11.9. The minimum Gasteiger partial charge on any atom is -0.478 e. The van der Waals surface area contributed by atoms with Crippen LogP contribution in [0.15, 0.2) is 21.1 Å². The molecule has 7 nitrogen and oxygen atoms in total. The molecule has 0 unspecified atom stereocenters. The highest BCUT2D eigenvalue weighted by molar-refractivity contribution is 8.40. The van der Waals surface area contributed by atoms with Crippen molar-refractivity contribution < 1.29 is 24.6 Å². The minimum atomic E-state index is -2.07. The summed E-state index contributed by atoms with van der Waals surface area (Å²) >= 11 is 0. The molecule has 2 amide bonds. The number of hydrogen-bond acceptors (Lipinski definition) is 3. The van der Waals surface area contributed by atoms with Gasteiger partial charge >= 0.3 is 18.0 Å². The van der Waals surface area contributed by atoms with Crippen molar-refractivity contribution in [1.82, 2.24) is 10.6 Å². The highest BCUT2D eigenvalue weighted by Gasteiger charge is 2.45. The number of hydrogen-bond donors (Lipinski definition) is 4. The average Bonchev–Trinajstić information content (AvgIpc) is 2.67. The summed E-state index contributed by atoms with van der Waals surface area (Å²) in [6, 6.07) is -0.519. The molecule has 1 heterocycles. The number of carboxylic acid groups (broad SMARTS) is 2. The van der Waals surface area contributed by atoms with Crippen LogP contribution < -0.4 is 10.6 Å². The van der Waals surface area contributed by atoms with Crippen molar-refractivity contribution in [2.75, 3.05) is 18.1 Å². The second-order valence-electron chi connectivity index (χ2n) is 4.71. The maximum absolute atomic E-state index is 11.9. The highest BCUT2D eigenvalue weighted by Crippen LogP contribution is 2.67. The molecule has 4 N–H and O–H groups in total. The Morgan fingerprint density at radius 2 is 1.59 bits per heavy atom. The van der Waals surface area contributed by atoms with E-state index in [0.29, 0.717) is 18.1 Å². The van der Waals surface area contributed by atoms with Crippen molar-refractivity contribution in [2.24, 2.45) is 0 Å². The fourth-order valence-corrected chi connectivity index (χ4v) is 6.42. The second-order valence-corrected chi connectivity index (χ2v) is 8.45. The molecule has 0 bridgehead atoms. The summed E-state index contributed by atoms with van der Waals surface area (Å²) in [5.41, 5.74) is 0.132. The molecule has 0 radical (unpaired) electrons. The van der Waals surface area contributed by atoms with Gasteiger partial charge in [-0.2, -0.15) is 10.0 Å². The van der Waals surface area contributed by atoms with E-state index in [2.05, 4.69) is 10.6 Å². The number of amides is 2. The minimum absolute atomic E-state index is 0.0950. The summed E-state index contributed by atoms with van der Waals surface area (Å²) in [5.74, 6) is -1.43. The molecule has 0 fully saturated rings. The summed E-state index contributed by atoms with van der Waals surface area (Å²) in [6.07, 6.45) is 0. The molecule has 0 aliphatic carbocycles. The molecule has 0 saturated heterocycles. The van der Waals surface area contributed by atoms with Gasteiger partial charge < -0.3 is 20.8 Å². The number of aliphatic carboxylic acids is 2. The van der Waals surface area contributed by atoms with E-state index in [4.69, 9.17) is 0 Å². The van der Waals surface area contributed by atoms with Crippen molar-refractivity contribution in [3.05, 3.63) is 21.1 Å². The van der Waals surface area contributed by atoms with Crippen LogP contribution >= 0.6 is 10.0 Å². The SMILES string of the molecule is CCNC(=O)NC1=C(C(=O)O)C(C)=C(C(=O)O)S1(CC)CC. The molecule has 1 rings (SSSR count). The van der Waals surface area contributed by atoms with Crippen molar-refractivity contribution >= 4 is 28.0 Å². The normalized spacial score (nSPS) is 18.2. The third-order valence-electron chi connectivity index (χ3n) is 3.68. The maximum Gasteiger partial charge on any atom is 0.341 e. The fraction of sp³-hybridized carbons (Fsp3) is 0.500. The molecule has 1 aliphatic heterocycles. The Labute approximate surface area is 130 Å². The molecule has 0 saturated carbocycles. The van der Waals surface area contributed by atoms with E-state index in [1.54, 1.807) is 6.92 Å². The number of carboxylic acids is 2. The number of carbonyl (C=O) groups is 3. The predicted octanol–water partition coefficient (Wildman–Crippen LogP) is 1.82. The lowest BCUT2D eigenvalue weighted by Gasteiger charge is -2.38. The standard InChI is InChI=1S/C14H22N2O5S/c1-5-15-14(21)16-11-9(12(17)18)8(4)10(13(19)20)22(11,6-2)7-3/h5-7H2,1-4H3,(H,17,18)(H,19,20)(H2,15,16,21). The van der Waals surface area contributed by atoms with Gasteiger partial charge in [0, 0.05) is 6.54 Å². The number of rotatable bonds is 6. The third-order valence-corrected chi connectivity index (χ3v) is 8.00. The lowest BCUT2D eigenvalue weighted by atomic mass is 10.1. The Balaban J connectivity index is 3.54. The van der Waals surface area contributed by atoms with Crippen LogP contribution in [-0.2, 0) is 9.59 Å². The van der Waals surface area contributed by atoms with E-state index in [9.17, 15) is 24.6 Å². The summed E-state index contributed by atoms with van der Waals surface area (Å²) in [5, 5.41) is 24.4. The van der Waals surface area contributed by atoms with E-state index in [1.807, 2.05) is 13.8 Å². The predicted molar refractivity (Wildman–Crippen MR) is 85.9 cm³/mol. The first-order valence-electron chi connectivity index (χ1n) is 7.02. The first-order chi connectivity index (χ1) is 10.3. The van der Waals surface area contributed by atoms with Crippen LogP contribution in [0.5, 0.6) is 0 Å². The monoisotopic (exact) mass is 330 g/mol. The topological polar surface area (TPSA) is 116 Å². The number of urea groups is 1. The van der Waals surface area contributed by atoms with Crippen molar-refractivity contribution in [3.8, 4) is 0 Å². The molecule has 124 valence electrons. The quantitative estimate of drug-likeness (QED) is 0.593. The van der Waals surface area contributed by atoms with Gasteiger partial charge in [0.05, 0.1) is 15.5 Å². The lowest BCUT2D eigenvalue weighted by Crippen LogP contribution is -2.37. The number of carbonyl (C=O) groups excluding carboxylic acids is 1. The molecule has 8 heteroatoms. The van der Waals surface area contributed by atoms with Gasteiger partial charge in [-0.1, -0.05) is 13.8 Å². The van der Waals surface area contributed by atoms with E-state index in [0.717, 1.165) is 0 Å². The van der Waals surface area contributed by atoms with Gasteiger partial charge in [-0.05, 0) is 30.9 Å². The molecule has 0 aromatic carbocycles. The lowest BCUT2D eigenvalue weighted by molar-refractivity contribution is -0.132. The molecule has 0 atom stereocenters. The van der Waals surface area contributed by atoms with Crippen LogP contribution in [-0.4, -0.2) is 46.2 Å². The Morgan fingerprint density at radius 1 is 1.05 bits per heavy atom. The molecular weight excluding hydrogens is 308 g/mol. The first kappa shape index (κ1) is 18.1.